The van der Waals surface area contributed by atoms with Gasteiger partial charge < -0.3 is 5.11 Å². The van der Waals surface area contributed by atoms with Gasteiger partial charge >= 0.3 is 0 Å². The number of aliphatic hydroxyl groups is 1. The third-order valence-corrected chi connectivity index (χ3v) is 6.90. The monoisotopic (exact) mass is 306 g/mol. The van der Waals surface area contributed by atoms with E-state index in [1.54, 1.807) is 0 Å². The lowest BCUT2D eigenvalue weighted by Crippen LogP contribution is -2.59. The molecule has 0 amide bonds. The summed E-state index contributed by atoms with van der Waals surface area (Å²) in [6.07, 6.45) is 6.22. The van der Waals surface area contributed by atoms with Gasteiger partial charge in [0, 0.05) is 17.8 Å². The molecule has 2 heteroatoms. The highest BCUT2D eigenvalue weighted by molar-refractivity contribution is 5.82. The molecule has 6 atom stereocenters. The highest BCUT2D eigenvalue weighted by atomic mass is 16.3. The number of hydrogen-bond acceptors (Lipinski definition) is 2. The number of fused-ring (bicyclic) bond motifs is 1. The molecule has 2 fully saturated rings. The normalized spacial score (nSPS) is 42.3. The molecule has 2 rings (SSSR count). The minimum Gasteiger partial charge on any atom is -0.393 e. The van der Waals surface area contributed by atoms with E-state index in [1.165, 1.54) is 0 Å². The predicted octanol–water partition coefficient (Wildman–Crippen LogP) is 4.62. The maximum absolute atomic E-state index is 13.0. The van der Waals surface area contributed by atoms with Gasteiger partial charge in [-0.3, -0.25) is 4.79 Å². The maximum atomic E-state index is 13.0. The summed E-state index contributed by atoms with van der Waals surface area (Å²) in [6.45, 7) is 14.9. The van der Waals surface area contributed by atoms with Crippen molar-refractivity contribution in [2.45, 2.75) is 72.8 Å². The first-order chi connectivity index (χ1) is 10.1. The number of allylic oxidation sites excluding steroid dienone is 1. The molecule has 2 nitrogen and oxygen atoms in total. The van der Waals surface area contributed by atoms with E-state index >= 15 is 0 Å². The summed E-state index contributed by atoms with van der Waals surface area (Å²) in [5.41, 5.74) is -0.0475. The number of rotatable bonds is 4. The van der Waals surface area contributed by atoms with Gasteiger partial charge in [-0.15, -0.1) is 6.58 Å². The van der Waals surface area contributed by atoms with Crippen LogP contribution in [0.1, 0.15) is 66.7 Å². The summed E-state index contributed by atoms with van der Waals surface area (Å²) in [4.78, 5) is 13.0. The predicted molar refractivity (Wildman–Crippen MR) is 91.5 cm³/mol. The Hall–Kier alpha value is -0.630. The van der Waals surface area contributed by atoms with Gasteiger partial charge in [-0.25, -0.2) is 0 Å². The van der Waals surface area contributed by atoms with Crippen LogP contribution in [0.4, 0.5) is 0 Å². The molecule has 0 aliphatic heterocycles. The molecule has 1 N–H and O–H groups in total. The minimum absolute atomic E-state index is 0.0109. The molecule has 0 radical (unpaired) electrons. The van der Waals surface area contributed by atoms with Crippen molar-refractivity contribution >= 4 is 5.78 Å². The Labute approximate surface area is 136 Å². The molecule has 22 heavy (non-hydrogen) atoms. The zero-order chi connectivity index (χ0) is 16.7. The molecule has 0 aromatic carbocycles. The van der Waals surface area contributed by atoms with E-state index in [1.807, 2.05) is 6.08 Å². The summed E-state index contributed by atoms with van der Waals surface area (Å²) < 4.78 is 0. The van der Waals surface area contributed by atoms with E-state index in [4.69, 9.17) is 0 Å². The summed E-state index contributed by atoms with van der Waals surface area (Å²) in [6, 6.07) is 0. The Balaban J connectivity index is 2.37. The Morgan fingerprint density at radius 2 is 1.95 bits per heavy atom. The van der Waals surface area contributed by atoms with Gasteiger partial charge in [0.05, 0.1) is 6.10 Å². The Kier molecular flexibility index (Phi) is 4.92. The zero-order valence-corrected chi connectivity index (χ0v) is 15.1. The van der Waals surface area contributed by atoms with Crippen LogP contribution >= 0.6 is 0 Å². The van der Waals surface area contributed by atoms with E-state index in [0.29, 0.717) is 24.0 Å². The summed E-state index contributed by atoms with van der Waals surface area (Å²) >= 11 is 0. The van der Waals surface area contributed by atoms with Crippen molar-refractivity contribution in [3.8, 4) is 0 Å². The van der Waals surface area contributed by atoms with Gasteiger partial charge in [0.15, 0.2) is 0 Å². The van der Waals surface area contributed by atoms with Crippen molar-refractivity contribution in [3.05, 3.63) is 12.7 Å². The molecule has 126 valence electrons. The van der Waals surface area contributed by atoms with Crippen LogP contribution in [-0.4, -0.2) is 17.0 Å². The van der Waals surface area contributed by atoms with Crippen LogP contribution in [0.5, 0.6) is 0 Å². The minimum atomic E-state index is -0.346. The molecule has 2 saturated carbocycles. The van der Waals surface area contributed by atoms with Gasteiger partial charge in [-0.05, 0) is 48.9 Å². The first kappa shape index (κ1) is 17.7. The van der Waals surface area contributed by atoms with Crippen LogP contribution in [-0.2, 0) is 4.79 Å². The van der Waals surface area contributed by atoms with Crippen LogP contribution in [0, 0.1) is 34.5 Å². The molecular weight excluding hydrogens is 272 g/mol. The third kappa shape index (κ3) is 2.79. The first-order valence-electron chi connectivity index (χ1n) is 8.98. The van der Waals surface area contributed by atoms with Crippen molar-refractivity contribution < 1.29 is 9.90 Å². The fourth-order valence-electron chi connectivity index (χ4n) is 5.60. The standard InChI is InChI=1S/C20H34O2/c1-7-13(2)12-15(21)18-14(3)8-9-16-19(4,5)11-10-17(22)20(16,18)6/h7,13-14,16-18,22H,1,8-12H2,2-6H3/t13-,14+,16+,17?,18-,20-/m1/s1. The lowest BCUT2D eigenvalue weighted by molar-refractivity contribution is -0.175. The first-order valence-corrected chi connectivity index (χ1v) is 8.98. The van der Waals surface area contributed by atoms with E-state index < -0.39 is 0 Å². The Bertz CT molecular complexity index is 439. The highest BCUT2D eigenvalue weighted by Gasteiger charge is 2.59. The number of aliphatic hydroxyl groups excluding tert-OH is 1. The quantitative estimate of drug-likeness (QED) is 0.770. The summed E-state index contributed by atoms with van der Waals surface area (Å²) in [7, 11) is 0. The highest BCUT2D eigenvalue weighted by Crippen LogP contribution is 2.61. The molecule has 0 bridgehead atoms. The van der Waals surface area contributed by atoms with Crippen molar-refractivity contribution in [3.63, 3.8) is 0 Å². The number of Topliss-reactive ketones (excluding diaryl/α,β-unsaturated/α-hetero) is 1. The van der Waals surface area contributed by atoms with Gasteiger partial charge in [0.1, 0.15) is 5.78 Å². The SMILES string of the molecule is C=C[C@@H](C)CC(=O)[C@H]1[C@@H](C)CC[C@H]2C(C)(C)CCC(O)[C@]12C. The van der Waals surface area contributed by atoms with Gasteiger partial charge in [-0.1, -0.05) is 40.7 Å². The fraction of sp³-hybridized carbons (Fsp3) is 0.850. The van der Waals surface area contributed by atoms with Gasteiger partial charge in [0.2, 0.25) is 0 Å². The molecule has 1 unspecified atom stereocenters. The van der Waals surface area contributed by atoms with E-state index in [0.717, 1.165) is 25.7 Å². The molecule has 0 aromatic heterocycles. The summed E-state index contributed by atoms with van der Waals surface area (Å²) in [5, 5.41) is 10.9. The topological polar surface area (TPSA) is 37.3 Å². The molecule has 2 aliphatic carbocycles. The second-order valence-electron chi connectivity index (χ2n) is 8.88. The second kappa shape index (κ2) is 6.11. The van der Waals surface area contributed by atoms with Crippen LogP contribution in [0.2, 0.25) is 0 Å². The summed E-state index contributed by atoms with van der Waals surface area (Å²) in [5.74, 6) is 1.35. The molecule has 0 aromatic rings. The number of carbonyl (C=O) groups is 1. The maximum Gasteiger partial charge on any atom is 0.137 e. The van der Waals surface area contributed by atoms with Crippen molar-refractivity contribution in [1.29, 1.82) is 0 Å². The lowest BCUT2D eigenvalue weighted by Gasteiger charge is -2.60. The van der Waals surface area contributed by atoms with Crippen molar-refractivity contribution in [2.75, 3.05) is 0 Å². The smallest absolute Gasteiger partial charge is 0.137 e. The van der Waals surface area contributed by atoms with Crippen LogP contribution in [0.25, 0.3) is 0 Å². The van der Waals surface area contributed by atoms with Gasteiger partial charge in [-0.2, -0.15) is 0 Å². The Morgan fingerprint density at radius 3 is 2.55 bits per heavy atom. The largest absolute Gasteiger partial charge is 0.393 e. The molecule has 0 spiro atoms. The fourth-order valence-corrected chi connectivity index (χ4v) is 5.60. The number of hydrogen-bond donors (Lipinski definition) is 1. The van der Waals surface area contributed by atoms with E-state index in [2.05, 4.69) is 41.2 Å². The molecule has 2 aliphatic rings. The zero-order valence-electron chi connectivity index (χ0n) is 15.1. The van der Waals surface area contributed by atoms with Crippen LogP contribution in [0.15, 0.2) is 12.7 Å². The average molecular weight is 306 g/mol. The molecule has 0 heterocycles. The second-order valence-corrected chi connectivity index (χ2v) is 8.88. The third-order valence-electron chi connectivity index (χ3n) is 6.90. The van der Waals surface area contributed by atoms with E-state index in [-0.39, 0.29) is 28.8 Å². The van der Waals surface area contributed by atoms with Gasteiger partial charge in [0.25, 0.3) is 0 Å². The number of ketones is 1. The average Bonchev–Trinajstić information content (AvgIpc) is 2.42. The van der Waals surface area contributed by atoms with Crippen molar-refractivity contribution in [2.24, 2.45) is 34.5 Å². The van der Waals surface area contributed by atoms with Crippen molar-refractivity contribution in [1.82, 2.24) is 0 Å². The lowest BCUT2D eigenvalue weighted by atomic mass is 9.45. The Morgan fingerprint density at radius 1 is 1.32 bits per heavy atom. The number of carbonyl (C=O) groups excluding carboxylic acids is 1. The molecular formula is C20H34O2. The van der Waals surface area contributed by atoms with E-state index in [9.17, 15) is 9.90 Å². The van der Waals surface area contributed by atoms with Crippen LogP contribution in [0.3, 0.4) is 0 Å². The molecule has 0 saturated heterocycles. The van der Waals surface area contributed by atoms with Crippen LogP contribution < -0.4 is 0 Å².